The summed E-state index contributed by atoms with van der Waals surface area (Å²) in [7, 11) is 1.85. The van der Waals surface area contributed by atoms with Crippen molar-refractivity contribution in [3.8, 4) is 5.75 Å². The largest absolute Gasteiger partial charge is 0.452 e. The van der Waals surface area contributed by atoms with Crippen LogP contribution in [0.3, 0.4) is 0 Å². The standard InChI is InChI=1S/C27H22N2O4/c1-29(14-15-30)23-13-11-18(16-28-23)19-12-10-17-6-2-5-9-22(17)33-27-24(19)25(31)20-7-3-4-8-21(20)26(27)32/h2-9,11-13,16,30H,10,14-15H2,1H3/b19-12-. The average molecular weight is 438 g/mol. The smallest absolute Gasteiger partial charge is 0.229 e. The Kier molecular flexibility index (Phi) is 5.36. The number of ether oxygens (including phenoxy) is 1. The molecule has 0 saturated carbocycles. The number of likely N-dealkylation sites (N-methyl/N-ethyl adjacent to an activating group) is 1. The molecule has 2 aliphatic rings. The molecule has 5 rings (SSSR count). The molecule has 33 heavy (non-hydrogen) atoms. The van der Waals surface area contributed by atoms with Crippen molar-refractivity contribution in [1.82, 2.24) is 4.98 Å². The average Bonchev–Trinajstić information content (AvgIpc) is 2.83. The van der Waals surface area contributed by atoms with E-state index >= 15 is 0 Å². The summed E-state index contributed by atoms with van der Waals surface area (Å²) in [6, 6.07) is 18.1. The molecule has 0 spiro atoms. The first-order valence-electron chi connectivity index (χ1n) is 10.8. The highest BCUT2D eigenvalue weighted by Gasteiger charge is 2.37. The van der Waals surface area contributed by atoms with Gasteiger partial charge in [0.15, 0.2) is 11.5 Å². The highest BCUT2D eigenvalue weighted by Crippen LogP contribution is 2.38. The topological polar surface area (TPSA) is 79.7 Å². The van der Waals surface area contributed by atoms with Crippen molar-refractivity contribution in [3.05, 3.63) is 107 Å². The van der Waals surface area contributed by atoms with Crippen LogP contribution in [0.15, 0.2) is 84.3 Å². The van der Waals surface area contributed by atoms with Crippen molar-refractivity contribution in [2.45, 2.75) is 6.42 Å². The molecule has 0 bridgehead atoms. The number of ketones is 2. The maximum atomic E-state index is 13.6. The van der Waals surface area contributed by atoms with Crippen LogP contribution < -0.4 is 9.64 Å². The number of anilines is 1. The van der Waals surface area contributed by atoms with Gasteiger partial charge in [-0.25, -0.2) is 4.98 Å². The molecule has 1 aliphatic carbocycles. The molecule has 0 amide bonds. The zero-order valence-electron chi connectivity index (χ0n) is 18.1. The van der Waals surface area contributed by atoms with Gasteiger partial charge < -0.3 is 14.7 Å². The predicted octanol–water partition coefficient (Wildman–Crippen LogP) is 3.86. The number of Topliss-reactive ketones (excluding diaryl/α,β-unsaturated/α-hetero) is 2. The Morgan fingerprint density at radius 2 is 1.70 bits per heavy atom. The van der Waals surface area contributed by atoms with Crippen LogP contribution in [-0.2, 0) is 6.42 Å². The highest BCUT2D eigenvalue weighted by atomic mass is 16.5. The van der Waals surface area contributed by atoms with E-state index in [0.29, 0.717) is 46.8 Å². The highest BCUT2D eigenvalue weighted by molar-refractivity contribution is 6.31. The Balaban J connectivity index is 1.67. The number of hydrogen-bond donors (Lipinski definition) is 1. The molecule has 0 radical (unpaired) electrons. The molecule has 1 aliphatic heterocycles. The number of allylic oxidation sites excluding steroid dienone is 4. The van der Waals surface area contributed by atoms with E-state index in [9.17, 15) is 14.7 Å². The van der Waals surface area contributed by atoms with Crippen LogP contribution in [0, 0.1) is 0 Å². The summed E-state index contributed by atoms with van der Waals surface area (Å²) >= 11 is 0. The first-order chi connectivity index (χ1) is 16.1. The molecular weight excluding hydrogens is 416 g/mol. The van der Waals surface area contributed by atoms with Gasteiger partial charge in [-0.3, -0.25) is 9.59 Å². The number of pyridine rings is 1. The van der Waals surface area contributed by atoms with Gasteiger partial charge in [0.2, 0.25) is 5.78 Å². The monoisotopic (exact) mass is 438 g/mol. The quantitative estimate of drug-likeness (QED) is 0.666. The van der Waals surface area contributed by atoms with E-state index < -0.39 is 0 Å². The van der Waals surface area contributed by atoms with Crippen LogP contribution in [0.1, 0.15) is 31.8 Å². The summed E-state index contributed by atoms with van der Waals surface area (Å²) in [4.78, 5) is 33.4. The van der Waals surface area contributed by atoms with Crippen molar-refractivity contribution in [1.29, 1.82) is 0 Å². The molecule has 0 fully saturated rings. The van der Waals surface area contributed by atoms with Crippen molar-refractivity contribution in [3.63, 3.8) is 0 Å². The second-order valence-corrected chi connectivity index (χ2v) is 7.99. The third kappa shape index (κ3) is 3.64. The number of nitrogens with zero attached hydrogens (tertiary/aromatic N) is 2. The Morgan fingerprint density at radius 1 is 0.970 bits per heavy atom. The Hall–Kier alpha value is -4.03. The van der Waals surface area contributed by atoms with Gasteiger partial charge >= 0.3 is 0 Å². The predicted molar refractivity (Wildman–Crippen MR) is 125 cm³/mol. The van der Waals surface area contributed by atoms with Crippen molar-refractivity contribution in [2.24, 2.45) is 0 Å². The lowest BCUT2D eigenvalue weighted by Gasteiger charge is -2.25. The van der Waals surface area contributed by atoms with Crippen LogP contribution in [0.2, 0.25) is 0 Å². The van der Waals surface area contributed by atoms with E-state index in [0.717, 1.165) is 5.56 Å². The number of hydrogen-bond acceptors (Lipinski definition) is 6. The number of aromatic nitrogens is 1. The van der Waals surface area contributed by atoms with Gasteiger partial charge in [-0.05, 0) is 35.8 Å². The van der Waals surface area contributed by atoms with Gasteiger partial charge in [-0.2, -0.15) is 0 Å². The minimum absolute atomic E-state index is 0.0219. The molecule has 2 heterocycles. The zero-order chi connectivity index (χ0) is 22.9. The number of benzene rings is 2. The summed E-state index contributed by atoms with van der Waals surface area (Å²) < 4.78 is 6.14. The first-order valence-corrected chi connectivity index (χ1v) is 10.8. The van der Waals surface area contributed by atoms with Crippen molar-refractivity contribution < 1.29 is 19.4 Å². The van der Waals surface area contributed by atoms with E-state index in [4.69, 9.17) is 4.74 Å². The van der Waals surface area contributed by atoms with Crippen LogP contribution in [-0.4, -0.2) is 41.9 Å². The van der Waals surface area contributed by atoms with E-state index in [1.54, 1.807) is 30.5 Å². The summed E-state index contributed by atoms with van der Waals surface area (Å²) in [6.07, 6.45) is 4.19. The van der Waals surface area contributed by atoms with E-state index in [-0.39, 0.29) is 29.5 Å². The number of para-hydroxylation sites is 1. The molecule has 1 N–H and O–H groups in total. The molecule has 3 aromatic rings. The van der Waals surface area contributed by atoms with E-state index in [2.05, 4.69) is 4.98 Å². The van der Waals surface area contributed by atoms with Crippen LogP contribution in [0.4, 0.5) is 5.82 Å². The molecule has 2 aromatic carbocycles. The van der Waals surface area contributed by atoms with Gasteiger partial charge in [0.25, 0.3) is 0 Å². The third-order valence-corrected chi connectivity index (χ3v) is 5.94. The second kappa shape index (κ2) is 8.48. The molecule has 164 valence electrons. The lowest BCUT2D eigenvalue weighted by molar-refractivity contribution is 0.0940. The fraction of sp³-hybridized carbons (Fsp3) is 0.148. The van der Waals surface area contributed by atoms with Gasteiger partial charge in [0.05, 0.1) is 12.2 Å². The Bertz CT molecular complexity index is 1320. The molecule has 0 atom stereocenters. The van der Waals surface area contributed by atoms with Crippen LogP contribution >= 0.6 is 0 Å². The number of aliphatic hydroxyl groups is 1. The number of carbonyl (C=O) groups is 2. The van der Waals surface area contributed by atoms with Crippen LogP contribution in [0.25, 0.3) is 5.57 Å². The molecule has 0 saturated heterocycles. The fourth-order valence-corrected chi connectivity index (χ4v) is 4.19. The maximum absolute atomic E-state index is 13.6. The number of carbonyl (C=O) groups excluding carboxylic acids is 2. The zero-order valence-corrected chi connectivity index (χ0v) is 18.1. The van der Waals surface area contributed by atoms with E-state index in [1.165, 1.54) is 0 Å². The molecule has 6 heteroatoms. The van der Waals surface area contributed by atoms with E-state index in [1.807, 2.05) is 54.4 Å². The third-order valence-electron chi connectivity index (χ3n) is 5.94. The molecule has 0 unspecified atom stereocenters. The number of aliphatic hydroxyl groups excluding tert-OH is 1. The van der Waals surface area contributed by atoms with Crippen LogP contribution in [0.5, 0.6) is 5.75 Å². The lowest BCUT2D eigenvalue weighted by atomic mass is 9.82. The summed E-state index contributed by atoms with van der Waals surface area (Å²) in [5.74, 6) is 0.757. The van der Waals surface area contributed by atoms with Gasteiger partial charge in [-0.15, -0.1) is 0 Å². The Labute approximate surface area is 191 Å². The first kappa shape index (κ1) is 20.8. The summed E-state index contributed by atoms with van der Waals surface area (Å²) in [5.41, 5.74) is 3.23. The van der Waals surface area contributed by atoms with Gasteiger partial charge in [0.1, 0.15) is 11.6 Å². The van der Waals surface area contributed by atoms with Gasteiger partial charge in [0, 0.05) is 36.5 Å². The fourth-order valence-electron chi connectivity index (χ4n) is 4.19. The number of rotatable bonds is 4. The molecule has 6 nitrogen and oxygen atoms in total. The summed E-state index contributed by atoms with van der Waals surface area (Å²) in [5, 5.41) is 9.19. The minimum atomic E-state index is -0.310. The number of fused-ring (bicyclic) bond motifs is 2. The van der Waals surface area contributed by atoms with Gasteiger partial charge in [-0.1, -0.05) is 48.5 Å². The Morgan fingerprint density at radius 3 is 2.42 bits per heavy atom. The van der Waals surface area contributed by atoms with Crippen molar-refractivity contribution >= 4 is 23.0 Å². The summed E-state index contributed by atoms with van der Waals surface area (Å²) in [6.45, 7) is 0.479. The molecule has 1 aromatic heterocycles. The second-order valence-electron chi connectivity index (χ2n) is 7.99. The maximum Gasteiger partial charge on any atom is 0.229 e. The molecular formula is C27H22N2O4. The lowest BCUT2D eigenvalue weighted by Crippen LogP contribution is -2.26. The van der Waals surface area contributed by atoms with Crippen molar-refractivity contribution in [2.75, 3.05) is 25.1 Å². The minimum Gasteiger partial charge on any atom is -0.452 e. The SMILES string of the molecule is CN(CCO)c1ccc(/C2=C/Cc3ccccc3OC3=C2C(=O)c2ccccc2C3=O)cn1. The normalized spacial score (nSPS) is 16.5.